The lowest BCUT2D eigenvalue weighted by Gasteiger charge is -2.38. The van der Waals surface area contributed by atoms with Crippen LogP contribution in [-0.2, 0) is 11.2 Å². The average Bonchev–Trinajstić information content (AvgIpc) is 2.84. The second-order valence-corrected chi connectivity index (χ2v) is 7.41. The minimum atomic E-state index is -0.290. The van der Waals surface area contributed by atoms with Gasteiger partial charge in [-0.05, 0) is 55.3 Å². The van der Waals surface area contributed by atoms with Crippen molar-refractivity contribution < 1.29 is 18.7 Å². The standard InChI is InChI=1S/C21H22ClFN2O3/c1-2-27-21(26)25-9-7-24(8-10-25)18-12-14-11-15(22)3-5-19(14)28-20-6-4-16(23)13-17(18)20/h3-6,11,13,18H,2,7-10,12H2,1H3. The molecule has 28 heavy (non-hydrogen) atoms. The van der Waals surface area contributed by atoms with E-state index in [-0.39, 0.29) is 18.0 Å². The van der Waals surface area contributed by atoms with E-state index >= 15 is 0 Å². The summed E-state index contributed by atoms with van der Waals surface area (Å²) in [5.74, 6) is 1.10. The first-order valence-corrected chi connectivity index (χ1v) is 9.84. The Morgan fingerprint density at radius 3 is 2.68 bits per heavy atom. The molecule has 2 heterocycles. The van der Waals surface area contributed by atoms with Gasteiger partial charge in [-0.15, -0.1) is 0 Å². The van der Waals surface area contributed by atoms with Crippen molar-refractivity contribution in [2.75, 3.05) is 32.8 Å². The number of piperazine rings is 1. The molecule has 1 atom stereocenters. The maximum absolute atomic E-state index is 14.0. The number of fused-ring (bicyclic) bond motifs is 2. The Morgan fingerprint density at radius 1 is 1.18 bits per heavy atom. The van der Waals surface area contributed by atoms with Gasteiger partial charge in [0, 0.05) is 42.8 Å². The van der Waals surface area contributed by atoms with E-state index in [1.165, 1.54) is 6.07 Å². The summed E-state index contributed by atoms with van der Waals surface area (Å²) in [7, 11) is 0. The monoisotopic (exact) mass is 404 g/mol. The summed E-state index contributed by atoms with van der Waals surface area (Å²) in [5.41, 5.74) is 1.80. The molecule has 0 spiro atoms. The highest BCUT2D eigenvalue weighted by molar-refractivity contribution is 6.30. The molecule has 0 bridgehead atoms. The summed E-state index contributed by atoms with van der Waals surface area (Å²) >= 11 is 6.20. The zero-order chi connectivity index (χ0) is 19.7. The fourth-order valence-electron chi connectivity index (χ4n) is 3.87. The molecule has 4 rings (SSSR count). The van der Waals surface area contributed by atoms with Crippen molar-refractivity contribution in [2.45, 2.75) is 19.4 Å². The lowest BCUT2D eigenvalue weighted by atomic mass is 9.96. The Kier molecular flexibility index (Phi) is 5.42. The van der Waals surface area contributed by atoms with Crippen LogP contribution in [0.25, 0.3) is 0 Å². The lowest BCUT2D eigenvalue weighted by Crippen LogP contribution is -2.50. The van der Waals surface area contributed by atoms with Crippen LogP contribution in [0.2, 0.25) is 5.02 Å². The molecule has 2 aromatic carbocycles. The predicted molar refractivity (Wildman–Crippen MR) is 105 cm³/mol. The Bertz CT molecular complexity index is 884. The molecule has 1 amide bonds. The van der Waals surface area contributed by atoms with E-state index in [2.05, 4.69) is 4.90 Å². The molecule has 1 saturated heterocycles. The molecular formula is C21H22ClFN2O3. The zero-order valence-corrected chi connectivity index (χ0v) is 16.4. The van der Waals surface area contributed by atoms with Crippen LogP contribution in [0.15, 0.2) is 36.4 Å². The van der Waals surface area contributed by atoms with Gasteiger partial charge in [-0.3, -0.25) is 4.90 Å². The molecule has 1 unspecified atom stereocenters. The van der Waals surface area contributed by atoms with Gasteiger partial charge in [0.1, 0.15) is 17.3 Å². The van der Waals surface area contributed by atoms with Crippen LogP contribution < -0.4 is 4.74 Å². The predicted octanol–water partition coefficient (Wildman–Crippen LogP) is 4.64. The molecule has 0 saturated carbocycles. The number of hydrogen-bond acceptors (Lipinski definition) is 4. The summed E-state index contributed by atoms with van der Waals surface area (Å²) in [4.78, 5) is 16.0. The van der Waals surface area contributed by atoms with E-state index in [1.807, 2.05) is 12.1 Å². The van der Waals surface area contributed by atoms with E-state index in [4.69, 9.17) is 21.1 Å². The number of rotatable bonds is 2. The second kappa shape index (κ2) is 7.97. The molecule has 5 nitrogen and oxygen atoms in total. The van der Waals surface area contributed by atoms with Gasteiger partial charge in [0.05, 0.1) is 6.61 Å². The summed E-state index contributed by atoms with van der Waals surface area (Å²) in [6.07, 6.45) is 0.376. The Balaban J connectivity index is 1.62. The average molecular weight is 405 g/mol. The first-order valence-electron chi connectivity index (χ1n) is 9.46. The molecule has 0 aliphatic carbocycles. The van der Waals surface area contributed by atoms with Crippen molar-refractivity contribution >= 4 is 17.7 Å². The van der Waals surface area contributed by atoms with E-state index in [9.17, 15) is 9.18 Å². The fourth-order valence-corrected chi connectivity index (χ4v) is 4.07. The third kappa shape index (κ3) is 3.80. The molecule has 1 fully saturated rings. The largest absolute Gasteiger partial charge is 0.457 e. The van der Waals surface area contributed by atoms with Crippen LogP contribution in [0.3, 0.4) is 0 Å². The number of ether oxygens (including phenoxy) is 2. The van der Waals surface area contributed by atoms with Crippen LogP contribution >= 0.6 is 11.6 Å². The van der Waals surface area contributed by atoms with Crippen molar-refractivity contribution in [1.82, 2.24) is 9.80 Å². The summed E-state index contributed by atoms with van der Waals surface area (Å²) in [5, 5.41) is 0.644. The number of nitrogens with zero attached hydrogens (tertiary/aromatic N) is 2. The highest BCUT2D eigenvalue weighted by Gasteiger charge is 2.32. The fraction of sp³-hybridized carbons (Fsp3) is 0.381. The normalized spacial score (nSPS) is 19.2. The number of carbonyl (C=O) groups excluding carboxylic acids is 1. The maximum atomic E-state index is 14.0. The van der Waals surface area contributed by atoms with Crippen molar-refractivity contribution in [3.63, 3.8) is 0 Å². The molecule has 2 aliphatic heterocycles. The summed E-state index contributed by atoms with van der Waals surface area (Å²) in [6, 6.07) is 10.1. The third-order valence-corrected chi connectivity index (χ3v) is 5.50. The van der Waals surface area contributed by atoms with Gasteiger partial charge in [-0.2, -0.15) is 0 Å². The van der Waals surface area contributed by atoms with Gasteiger partial charge in [0.15, 0.2) is 0 Å². The SMILES string of the molecule is CCOC(=O)N1CCN(C2Cc3cc(Cl)ccc3Oc3ccc(F)cc32)CC1. The van der Waals surface area contributed by atoms with Crippen LogP contribution in [0.4, 0.5) is 9.18 Å². The van der Waals surface area contributed by atoms with Gasteiger partial charge in [0.25, 0.3) is 0 Å². The first-order chi connectivity index (χ1) is 13.5. The van der Waals surface area contributed by atoms with E-state index in [0.717, 1.165) is 16.9 Å². The van der Waals surface area contributed by atoms with Gasteiger partial charge < -0.3 is 14.4 Å². The highest BCUT2D eigenvalue weighted by atomic mass is 35.5. The lowest BCUT2D eigenvalue weighted by molar-refractivity contribution is 0.0657. The van der Waals surface area contributed by atoms with Crippen LogP contribution in [-0.4, -0.2) is 48.7 Å². The number of benzene rings is 2. The number of halogens is 2. The van der Waals surface area contributed by atoms with Gasteiger partial charge in [-0.25, -0.2) is 9.18 Å². The Hall–Kier alpha value is -2.31. The number of hydrogen-bond donors (Lipinski definition) is 0. The van der Waals surface area contributed by atoms with Crippen LogP contribution in [0, 0.1) is 5.82 Å². The van der Waals surface area contributed by atoms with Gasteiger partial charge >= 0.3 is 6.09 Å². The smallest absolute Gasteiger partial charge is 0.409 e. The second-order valence-electron chi connectivity index (χ2n) is 6.98. The minimum absolute atomic E-state index is 0.0604. The van der Waals surface area contributed by atoms with Gasteiger partial charge in [-0.1, -0.05) is 11.6 Å². The number of amides is 1. The molecule has 2 aliphatic rings. The van der Waals surface area contributed by atoms with Gasteiger partial charge in [0.2, 0.25) is 0 Å². The van der Waals surface area contributed by atoms with E-state index < -0.39 is 0 Å². The molecular weight excluding hydrogens is 383 g/mol. The quantitative estimate of drug-likeness (QED) is 0.731. The van der Waals surface area contributed by atoms with Crippen LogP contribution in [0.5, 0.6) is 11.5 Å². The molecule has 7 heteroatoms. The molecule has 148 valence electrons. The molecule has 0 aromatic heterocycles. The molecule has 2 aromatic rings. The minimum Gasteiger partial charge on any atom is -0.457 e. The summed E-state index contributed by atoms with van der Waals surface area (Å²) in [6.45, 7) is 4.66. The first kappa shape index (κ1) is 19.0. The summed E-state index contributed by atoms with van der Waals surface area (Å²) < 4.78 is 25.2. The Labute approximate surface area is 168 Å². The molecule has 0 radical (unpaired) electrons. The topological polar surface area (TPSA) is 42.0 Å². The van der Waals surface area contributed by atoms with Crippen molar-refractivity contribution in [3.05, 3.63) is 58.4 Å². The zero-order valence-electron chi connectivity index (χ0n) is 15.7. The Morgan fingerprint density at radius 2 is 1.93 bits per heavy atom. The third-order valence-electron chi connectivity index (χ3n) is 5.27. The van der Waals surface area contributed by atoms with Crippen LogP contribution in [0.1, 0.15) is 24.1 Å². The number of carbonyl (C=O) groups is 1. The van der Waals surface area contributed by atoms with Crippen molar-refractivity contribution in [1.29, 1.82) is 0 Å². The van der Waals surface area contributed by atoms with Crippen molar-refractivity contribution in [2.24, 2.45) is 0 Å². The maximum Gasteiger partial charge on any atom is 0.409 e. The van der Waals surface area contributed by atoms with E-state index in [0.29, 0.717) is 50.0 Å². The molecule has 0 N–H and O–H groups in total. The highest BCUT2D eigenvalue weighted by Crippen LogP contribution is 2.42. The van der Waals surface area contributed by atoms with Crippen molar-refractivity contribution in [3.8, 4) is 11.5 Å². The van der Waals surface area contributed by atoms with E-state index in [1.54, 1.807) is 30.0 Å².